The van der Waals surface area contributed by atoms with E-state index in [-0.39, 0.29) is 5.91 Å². The Morgan fingerprint density at radius 2 is 1.57 bits per heavy atom. The molecule has 1 fully saturated rings. The second kappa shape index (κ2) is 8.73. The van der Waals surface area contributed by atoms with Crippen LogP contribution in [0.5, 0.6) is 0 Å². The topological polar surface area (TPSA) is 110 Å². The third-order valence-electron chi connectivity index (χ3n) is 5.24. The number of rotatable bonds is 6. The molecule has 1 saturated carbocycles. The predicted octanol–water partition coefficient (Wildman–Crippen LogP) is 3.66. The van der Waals surface area contributed by atoms with Crippen LogP contribution < -0.4 is 16.4 Å². The van der Waals surface area contributed by atoms with Crippen molar-refractivity contribution in [2.45, 2.75) is 31.7 Å². The molecule has 0 atom stereocenters. The van der Waals surface area contributed by atoms with E-state index in [2.05, 4.69) is 20.6 Å². The van der Waals surface area contributed by atoms with Gasteiger partial charge < -0.3 is 16.4 Å². The molecule has 1 heterocycles. The number of anilines is 2. The summed E-state index contributed by atoms with van der Waals surface area (Å²) in [6.45, 7) is 0. The normalized spacial score (nSPS) is 13.7. The van der Waals surface area contributed by atoms with Crippen molar-refractivity contribution in [2.24, 2.45) is 5.73 Å². The van der Waals surface area contributed by atoms with Crippen molar-refractivity contribution in [3.05, 3.63) is 72.1 Å². The van der Waals surface area contributed by atoms with E-state index in [0.29, 0.717) is 23.0 Å². The molecular weight excluding hydrogens is 378 g/mol. The van der Waals surface area contributed by atoms with Crippen molar-refractivity contribution in [3.8, 4) is 11.3 Å². The molecule has 0 saturated heterocycles. The Kier molecular flexibility index (Phi) is 5.70. The van der Waals surface area contributed by atoms with E-state index in [4.69, 9.17) is 5.73 Å². The van der Waals surface area contributed by atoms with Gasteiger partial charge in [0.05, 0.1) is 5.69 Å². The highest BCUT2D eigenvalue weighted by atomic mass is 16.2. The Balaban J connectivity index is 1.45. The number of nitrogens with one attached hydrogen (secondary N) is 2. The van der Waals surface area contributed by atoms with Gasteiger partial charge in [-0.1, -0.05) is 25.0 Å². The van der Waals surface area contributed by atoms with Gasteiger partial charge in [0.2, 0.25) is 5.91 Å². The van der Waals surface area contributed by atoms with E-state index in [0.717, 1.165) is 29.8 Å². The first kappa shape index (κ1) is 19.6. The molecule has 0 spiro atoms. The zero-order valence-corrected chi connectivity index (χ0v) is 16.5. The summed E-state index contributed by atoms with van der Waals surface area (Å²) in [5, 5.41) is 6.28. The molecule has 7 heteroatoms. The molecule has 1 aliphatic rings. The van der Waals surface area contributed by atoms with Crippen LogP contribution in [-0.2, 0) is 0 Å². The van der Waals surface area contributed by atoms with Crippen LogP contribution in [0.4, 0.5) is 11.5 Å². The SMILES string of the molecule is NC(=O)c1ccc(Nc2cc(-c3ccc(C(=O)NC4CCCC4)cc3)ncn2)cc1. The summed E-state index contributed by atoms with van der Waals surface area (Å²) in [6, 6.07) is 16.4. The van der Waals surface area contributed by atoms with Crippen LogP contribution in [0.1, 0.15) is 46.4 Å². The van der Waals surface area contributed by atoms with Gasteiger partial charge in [0, 0.05) is 34.5 Å². The molecular formula is C23H23N5O2. The predicted molar refractivity (Wildman–Crippen MR) is 115 cm³/mol. The standard InChI is InChI=1S/C23H23N5O2/c24-22(29)16-9-11-19(12-10-16)27-21-13-20(25-14-26-21)15-5-7-17(8-6-15)23(30)28-18-3-1-2-4-18/h5-14,18H,1-4H2,(H2,24,29)(H,28,30)(H,25,26,27). The number of primary amides is 1. The smallest absolute Gasteiger partial charge is 0.251 e. The molecule has 0 bridgehead atoms. The van der Waals surface area contributed by atoms with Gasteiger partial charge in [-0.2, -0.15) is 0 Å². The minimum Gasteiger partial charge on any atom is -0.366 e. The fourth-order valence-corrected chi connectivity index (χ4v) is 3.58. The molecule has 1 aliphatic carbocycles. The zero-order valence-electron chi connectivity index (χ0n) is 16.5. The summed E-state index contributed by atoms with van der Waals surface area (Å²) in [5.41, 5.74) is 8.77. The maximum atomic E-state index is 12.4. The second-order valence-corrected chi connectivity index (χ2v) is 7.39. The molecule has 4 rings (SSSR count). The van der Waals surface area contributed by atoms with E-state index in [9.17, 15) is 9.59 Å². The van der Waals surface area contributed by atoms with Crippen LogP contribution in [0, 0.1) is 0 Å². The Bertz CT molecular complexity index is 1040. The highest BCUT2D eigenvalue weighted by Gasteiger charge is 2.18. The molecule has 0 radical (unpaired) electrons. The van der Waals surface area contributed by atoms with Crippen LogP contribution in [-0.4, -0.2) is 27.8 Å². The van der Waals surface area contributed by atoms with Gasteiger partial charge in [0.1, 0.15) is 12.1 Å². The fraction of sp³-hybridized carbons (Fsp3) is 0.217. The van der Waals surface area contributed by atoms with E-state index in [1.54, 1.807) is 24.3 Å². The molecule has 0 aliphatic heterocycles. The molecule has 2 aromatic carbocycles. The Hall–Kier alpha value is -3.74. The lowest BCUT2D eigenvalue weighted by Gasteiger charge is -2.12. The van der Waals surface area contributed by atoms with E-state index < -0.39 is 5.91 Å². The lowest BCUT2D eigenvalue weighted by molar-refractivity contribution is 0.0937. The average molecular weight is 401 g/mol. The molecule has 30 heavy (non-hydrogen) atoms. The summed E-state index contributed by atoms with van der Waals surface area (Å²) in [4.78, 5) is 32.2. The van der Waals surface area contributed by atoms with Crippen molar-refractivity contribution in [3.63, 3.8) is 0 Å². The van der Waals surface area contributed by atoms with Crippen LogP contribution in [0.2, 0.25) is 0 Å². The lowest BCUT2D eigenvalue weighted by Crippen LogP contribution is -2.32. The number of hydrogen-bond acceptors (Lipinski definition) is 5. The van der Waals surface area contributed by atoms with Gasteiger partial charge >= 0.3 is 0 Å². The largest absolute Gasteiger partial charge is 0.366 e. The van der Waals surface area contributed by atoms with Gasteiger partial charge in [-0.25, -0.2) is 9.97 Å². The number of amides is 2. The van der Waals surface area contributed by atoms with Gasteiger partial charge in [0.25, 0.3) is 5.91 Å². The number of hydrogen-bond donors (Lipinski definition) is 3. The summed E-state index contributed by atoms with van der Waals surface area (Å²) >= 11 is 0. The summed E-state index contributed by atoms with van der Waals surface area (Å²) < 4.78 is 0. The van der Waals surface area contributed by atoms with Crippen molar-refractivity contribution in [2.75, 3.05) is 5.32 Å². The molecule has 152 valence electrons. The summed E-state index contributed by atoms with van der Waals surface area (Å²) in [6.07, 6.45) is 5.97. The Morgan fingerprint density at radius 1 is 0.900 bits per heavy atom. The van der Waals surface area contributed by atoms with Crippen LogP contribution in [0.25, 0.3) is 11.3 Å². The number of nitrogens with two attached hydrogens (primary N) is 1. The molecule has 2 amide bonds. The lowest BCUT2D eigenvalue weighted by atomic mass is 10.1. The van der Waals surface area contributed by atoms with Gasteiger partial charge in [-0.3, -0.25) is 9.59 Å². The number of benzene rings is 2. The molecule has 4 N–H and O–H groups in total. The quantitative estimate of drug-likeness (QED) is 0.584. The first-order chi connectivity index (χ1) is 14.6. The van der Waals surface area contributed by atoms with E-state index >= 15 is 0 Å². The van der Waals surface area contributed by atoms with Crippen molar-refractivity contribution in [1.29, 1.82) is 0 Å². The molecule has 1 aromatic heterocycles. The Labute approximate surface area is 174 Å². The Morgan fingerprint density at radius 3 is 2.23 bits per heavy atom. The van der Waals surface area contributed by atoms with Gasteiger partial charge in [-0.05, 0) is 49.2 Å². The monoisotopic (exact) mass is 401 g/mol. The third-order valence-corrected chi connectivity index (χ3v) is 5.24. The molecule has 0 unspecified atom stereocenters. The first-order valence-electron chi connectivity index (χ1n) is 9.99. The summed E-state index contributed by atoms with van der Waals surface area (Å²) in [7, 11) is 0. The van der Waals surface area contributed by atoms with Crippen molar-refractivity contribution in [1.82, 2.24) is 15.3 Å². The maximum absolute atomic E-state index is 12.4. The molecule has 3 aromatic rings. The third kappa shape index (κ3) is 4.63. The number of carbonyl (C=O) groups is 2. The average Bonchev–Trinajstić information content (AvgIpc) is 3.27. The zero-order chi connectivity index (χ0) is 20.9. The van der Waals surface area contributed by atoms with Crippen LogP contribution in [0.15, 0.2) is 60.9 Å². The van der Waals surface area contributed by atoms with Gasteiger partial charge in [-0.15, -0.1) is 0 Å². The van der Waals surface area contributed by atoms with E-state index in [1.165, 1.54) is 19.2 Å². The minimum atomic E-state index is -0.466. The van der Waals surface area contributed by atoms with Crippen molar-refractivity contribution >= 4 is 23.3 Å². The van der Waals surface area contributed by atoms with Crippen LogP contribution >= 0.6 is 0 Å². The maximum Gasteiger partial charge on any atom is 0.251 e. The molecule has 7 nitrogen and oxygen atoms in total. The second-order valence-electron chi connectivity index (χ2n) is 7.39. The number of nitrogens with zero attached hydrogens (tertiary/aromatic N) is 2. The van der Waals surface area contributed by atoms with Crippen molar-refractivity contribution < 1.29 is 9.59 Å². The minimum absolute atomic E-state index is 0.0297. The first-order valence-corrected chi connectivity index (χ1v) is 9.99. The van der Waals surface area contributed by atoms with Gasteiger partial charge in [0.15, 0.2) is 0 Å². The van der Waals surface area contributed by atoms with E-state index in [1.807, 2.05) is 30.3 Å². The fourth-order valence-electron chi connectivity index (χ4n) is 3.58. The highest BCUT2D eigenvalue weighted by molar-refractivity contribution is 5.95. The van der Waals surface area contributed by atoms with Crippen LogP contribution in [0.3, 0.4) is 0 Å². The number of carbonyl (C=O) groups excluding carboxylic acids is 2. The number of aromatic nitrogens is 2. The summed E-state index contributed by atoms with van der Waals surface area (Å²) in [5.74, 6) is 0.124. The highest BCUT2D eigenvalue weighted by Crippen LogP contribution is 2.22.